The van der Waals surface area contributed by atoms with Crippen molar-refractivity contribution >= 4 is 17.3 Å². The van der Waals surface area contributed by atoms with E-state index in [1.165, 1.54) is 16.7 Å². The molecule has 0 amide bonds. The van der Waals surface area contributed by atoms with Gasteiger partial charge in [0.15, 0.2) is 5.96 Å². The SMILES string of the molecule is CN=C(NCCc1csc(C)n1)NCc1ccccc1COCc1ccccc1. The smallest absolute Gasteiger partial charge is 0.191 e. The Hall–Kier alpha value is -2.70. The summed E-state index contributed by atoms with van der Waals surface area (Å²) in [5.41, 5.74) is 4.70. The zero-order valence-electron chi connectivity index (χ0n) is 17.0. The van der Waals surface area contributed by atoms with Crippen LogP contribution in [0.5, 0.6) is 0 Å². The van der Waals surface area contributed by atoms with E-state index in [2.05, 4.69) is 56.3 Å². The minimum Gasteiger partial charge on any atom is -0.372 e. The molecular formula is C23H28N4OS. The van der Waals surface area contributed by atoms with Gasteiger partial charge in [-0.2, -0.15) is 0 Å². The molecular weight excluding hydrogens is 380 g/mol. The first-order chi connectivity index (χ1) is 14.2. The Balaban J connectivity index is 1.46. The zero-order valence-corrected chi connectivity index (χ0v) is 17.8. The van der Waals surface area contributed by atoms with Gasteiger partial charge >= 0.3 is 0 Å². The van der Waals surface area contributed by atoms with Crippen LogP contribution in [0.15, 0.2) is 65.0 Å². The molecule has 29 heavy (non-hydrogen) atoms. The maximum atomic E-state index is 5.92. The molecule has 0 saturated carbocycles. The molecule has 6 heteroatoms. The van der Waals surface area contributed by atoms with Crippen molar-refractivity contribution in [2.75, 3.05) is 13.6 Å². The van der Waals surface area contributed by atoms with Crippen molar-refractivity contribution in [1.29, 1.82) is 0 Å². The van der Waals surface area contributed by atoms with Gasteiger partial charge in [0.05, 0.1) is 23.9 Å². The second-order valence-corrected chi connectivity index (χ2v) is 7.77. The predicted molar refractivity (Wildman–Crippen MR) is 120 cm³/mol. The van der Waals surface area contributed by atoms with Gasteiger partial charge in [0.2, 0.25) is 0 Å². The largest absolute Gasteiger partial charge is 0.372 e. The fourth-order valence-corrected chi connectivity index (χ4v) is 3.60. The molecule has 0 radical (unpaired) electrons. The van der Waals surface area contributed by atoms with E-state index in [0.29, 0.717) is 19.8 Å². The predicted octanol–water partition coefficient (Wildman–Crippen LogP) is 4.08. The van der Waals surface area contributed by atoms with Gasteiger partial charge in [0.1, 0.15) is 0 Å². The van der Waals surface area contributed by atoms with E-state index in [0.717, 1.165) is 29.6 Å². The third-order valence-corrected chi connectivity index (χ3v) is 5.32. The van der Waals surface area contributed by atoms with Crippen molar-refractivity contribution in [3.05, 3.63) is 87.4 Å². The molecule has 0 aliphatic rings. The molecule has 0 aliphatic heterocycles. The van der Waals surface area contributed by atoms with Gasteiger partial charge in [-0.15, -0.1) is 11.3 Å². The highest BCUT2D eigenvalue weighted by Gasteiger charge is 2.05. The molecule has 2 aromatic carbocycles. The molecule has 3 rings (SSSR count). The Bertz CT molecular complexity index is 908. The van der Waals surface area contributed by atoms with Gasteiger partial charge in [0, 0.05) is 31.9 Å². The van der Waals surface area contributed by atoms with E-state index >= 15 is 0 Å². The Morgan fingerprint density at radius 3 is 2.48 bits per heavy atom. The number of hydrogen-bond donors (Lipinski definition) is 2. The highest BCUT2D eigenvalue weighted by atomic mass is 32.1. The van der Waals surface area contributed by atoms with Gasteiger partial charge in [0.25, 0.3) is 0 Å². The summed E-state index contributed by atoms with van der Waals surface area (Å²) in [6.07, 6.45) is 0.884. The minimum absolute atomic E-state index is 0.585. The van der Waals surface area contributed by atoms with Gasteiger partial charge in [-0.1, -0.05) is 54.6 Å². The Morgan fingerprint density at radius 1 is 1.00 bits per heavy atom. The van der Waals surface area contributed by atoms with Gasteiger partial charge in [-0.05, 0) is 23.6 Å². The molecule has 3 aromatic rings. The zero-order chi connectivity index (χ0) is 20.3. The summed E-state index contributed by atoms with van der Waals surface area (Å²) in [5, 5.41) is 9.96. The normalized spacial score (nSPS) is 11.4. The molecule has 5 nitrogen and oxygen atoms in total. The first-order valence-electron chi connectivity index (χ1n) is 9.78. The number of nitrogens with zero attached hydrogens (tertiary/aromatic N) is 2. The van der Waals surface area contributed by atoms with Gasteiger partial charge in [-0.3, -0.25) is 4.99 Å². The highest BCUT2D eigenvalue weighted by Crippen LogP contribution is 2.12. The second-order valence-electron chi connectivity index (χ2n) is 6.71. The Morgan fingerprint density at radius 2 is 1.76 bits per heavy atom. The number of benzene rings is 2. The number of thiazole rings is 1. The number of hydrogen-bond acceptors (Lipinski definition) is 4. The van der Waals surface area contributed by atoms with E-state index in [1.807, 2.05) is 31.2 Å². The van der Waals surface area contributed by atoms with Crippen molar-refractivity contribution in [3.8, 4) is 0 Å². The highest BCUT2D eigenvalue weighted by molar-refractivity contribution is 7.09. The van der Waals surface area contributed by atoms with E-state index in [-0.39, 0.29) is 0 Å². The summed E-state index contributed by atoms with van der Waals surface area (Å²) >= 11 is 1.69. The molecule has 0 atom stereocenters. The number of aliphatic imine (C=N–C) groups is 1. The van der Waals surface area contributed by atoms with Gasteiger partial charge in [-0.25, -0.2) is 4.98 Å². The molecule has 1 aromatic heterocycles. The van der Waals surface area contributed by atoms with Crippen molar-refractivity contribution in [2.24, 2.45) is 4.99 Å². The van der Waals surface area contributed by atoms with Crippen LogP contribution < -0.4 is 10.6 Å². The molecule has 0 aliphatic carbocycles. The quantitative estimate of drug-likeness (QED) is 0.414. The van der Waals surface area contributed by atoms with E-state index in [1.54, 1.807) is 18.4 Å². The summed E-state index contributed by atoms with van der Waals surface area (Å²) < 4.78 is 5.92. The first kappa shape index (κ1) is 21.0. The number of ether oxygens (including phenoxy) is 1. The lowest BCUT2D eigenvalue weighted by Crippen LogP contribution is -2.38. The average molecular weight is 409 g/mol. The molecule has 152 valence electrons. The third-order valence-electron chi connectivity index (χ3n) is 4.50. The maximum absolute atomic E-state index is 5.92. The van der Waals surface area contributed by atoms with Crippen LogP contribution in [0.1, 0.15) is 27.4 Å². The number of nitrogens with one attached hydrogen (secondary N) is 2. The van der Waals surface area contributed by atoms with E-state index < -0.39 is 0 Å². The van der Waals surface area contributed by atoms with Crippen molar-refractivity contribution in [2.45, 2.75) is 33.1 Å². The van der Waals surface area contributed by atoms with Crippen LogP contribution in [-0.4, -0.2) is 24.5 Å². The second kappa shape index (κ2) is 11.3. The first-order valence-corrected chi connectivity index (χ1v) is 10.7. The number of rotatable bonds is 9. The molecule has 0 fully saturated rings. The molecule has 0 bridgehead atoms. The summed E-state index contributed by atoms with van der Waals surface area (Å²) in [6, 6.07) is 18.6. The number of guanidine groups is 1. The average Bonchev–Trinajstić information content (AvgIpc) is 3.17. The standard InChI is InChI=1S/C23H28N4OS/c1-18-27-22(17-29-18)12-13-25-23(24-2)26-14-20-10-6-7-11-21(20)16-28-15-19-8-4-3-5-9-19/h3-11,17H,12-16H2,1-2H3,(H2,24,25,26). The molecule has 0 unspecified atom stereocenters. The van der Waals surface area contributed by atoms with Crippen LogP contribution in [0.2, 0.25) is 0 Å². The van der Waals surface area contributed by atoms with Crippen LogP contribution in [-0.2, 0) is 30.9 Å². The fourth-order valence-electron chi connectivity index (χ4n) is 2.96. The maximum Gasteiger partial charge on any atom is 0.191 e. The molecule has 1 heterocycles. The van der Waals surface area contributed by atoms with Gasteiger partial charge < -0.3 is 15.4 Å². The summed E-state index contributed by atoms with van der Waals surface area (Å²) in [6.45, 7) is 4.72. The van der Waals surface area contributed by atoms with Crippen LogP contribution in [0.3, 0.4) is 0 Å². The summed E-state index contributed by atoms with van der Waals surface area (Å²) in [5.74, 6) is 0.789. The lowest BCUT2D eigenvalue weighted by molar-refractivity contribution is 0.106. The van der Waals surface area contributed by atoms with Crippen LogP contribution in [0.4, 0.5) is 0 Å². The van der Waals surface area contributed by atoms with E-state index in [4.69, 9.17) is 4.74 Å². The lowest BCUT2D eigenvalue weighted by atomic mass is 10.1. The summed E-state index contributed by atoms with van der Waals surface area (Å²) in [4.78, 5) is 8.81. The topological polar surface area (TPSA) is 58.5 Å². The Labute approximate surface area is 176 Å². The molecule has 0 spiro atoms. The molecule has 0 saturated heterocycles. The fraction of sp³-hybridized carbons (Fsp3) is 0.304. The monoisotopic (exact) mass is 408 g/mol. The molecule has 2 N–H and O–H groups in total. The van der Waals surface area contributed by atoms with Crippen LogP contribution in [0.25, 0.3) is 0 Å². The van der Waals surface area contributed by atoms with E-state index in [9.17, 15) is 0 Å². The lowest BCUT2D eigenvalue weighted by Gasteiger charge is -2.14. The Kier molecular flexibility index (Phi) is 8.22. The van der Waals surface area contributed by atoms with Crippen LogP contribution >= 0.6 is 11.3 Å². The van der Waals surface area contributed by atoms with Crippen molar-refractivity contribution in [3.63, 3.8) is 0 Å². The summed E-state index contributed by atoms with van der Waals surface area (Å²) in [7, 11) is 1.79. The third kappa shape index (κ3) is 7.00. The number of aromatic nitrogens is 1. The van der Waals surface area contributed by atoms with Crippen molar-refractivity contribution in [1.82, 2.24) is 15.6 Å². The van der Waals surface area contributed by atoms with Crippen molar-refractivity contribution < 1.29 is 4.74 Å². The minimum atomic E-state index is 0.585. The van der Waals surface area contributed by atoms with Crippen LogP contribution in [0, 0.1) is 6.92 Å². The number of aryl methyl sites for hydroxylation is 1.